The van der Waals surface area contributed by atoms with Crippen LogP contribution in [0.15, 0.2) is 29.6 Å². The van der Waals surface area contributed by atoms with Gasteiger partial charge in [0.05, 0.1) is 5.01 Å². The lowest BCUT2D eigenvalue weighted by Crippen LogP contribution is -2.56. The summed E-state index contributed by atoms with van der Waals surface area (Å²) in [7, 11) is 1.54. The standard InChI is InChI=1S/C19H21FN2O3S/c1-22(19(18(24)25)9-5-2-6-10-19)17(23)15-12-26-16(21-15)11-13-7-3-4-8-14(13)20/h3-4,7-8,12H,2,5-6,9-11H2,1H3,(H,24,25). The van der Waals surface area contributed by atoms with Crippen molar-refractivity contribution in [3.8, 4) is 0 Å². The molecule has 0 bridgehead atoms. The van der Waals surface area contributed by atoms with Gasteiger partial charge in [-0.05, 0) is 24.5 Å². The van der Waals surface area contributed by atoms with Crippen molar-refractivity contribution in [2.45, 2.75) is 44.1 Å². The minimum Gasteiger partial charge on any atom is -0.479 e. The number of aliphatic carboxylic acids is 1. The van der Waals surface area contributed by atoms with Crippen LogP contribution in [0.4, 0.5) is 4.39 Å². The van der Waals surface area contributed by atoms with Gasteiger partial charge in [0.1, 0.15) is 17.1 Å². The Balaban J connectivity index is 1.79. The van der Waals surface area contributed by atoms with Crippen molar-refractivity contribution in [3.63, 3.8) is 0 Å². The molecule has 7 heteroatoms. The predicted octanol–water partition coefficient (Wildman–Crippen LogP) is 3.73. The lowest BCUT2D eigenvalue weighted by Gasteiger charge is -2.40. The first-order valence-corrected chi connectivity index (χ1v) is 9.51. The van der Waals surface area contributed by atoms with Crippen molar-refractivity contribution in [1.29, 1.82) is 0 Å². The molecule has 0 saturated heterocycles. The molecule has 2 aromatic rings. The van der Waals surface area contributed by atoms with Crippen molar-refractivity contribution in [2.75, 3.05) is 7.05 Å². The molecule has 1 aliphatic rings. The van der Waals surface area contributed by atoms with Gasteiger partial charge in [-0.1, -0.05) is 37.5 Å². The number of thiazole rings is 1. The third-order valence-electron chi connectivity index (χ3n) is 5.10. The average molecular weight is 376 g/mol. The SMILES string of the molecule is CN(C(=O)c1csc(Cc2ccccc2F)n1)C1(C(=O)O)CCCCC1. The molecule has 1 heterocycles. The second-order valence-electron chi connectivity index (χ2n) is 6.66. The van der Waals surface area contributed by atoms with Crippen LogP contribution >= 0.6 is 11.3 Å². The Bertz CT molecular complexity index is 815. The number of carboxylic acids is 1. The lowest BCUT2D eigenvalue weighted by atomic mass is 9.80. The van der Waals surface area contributed by atoms with E-state index in [0.29, 0.717) is 29.8 Å². The van der Waals surface area contributed by atoms with Gasteiger partial charge in [0.25, 0.3) is 5.91 Å². The first kappa shape index (κ1) is 18.5. The molecule has 0 atom stereocenters. The highest BCUT2D eigenvalue weighted by Gasteiger charge is 2.46. The van der Waals surface area contributed by atoms with E-state index in [4.69, 9.17) is 0 Å². The molecular formula is C19H21FN2O3S. The molecule has 3 rings (SSSR count). The number of carboxylic acid groups (broad SMARTS) is 1. The Kier molecular flexibility index (Phi) is 5.36. The van der Waals surface area contributed by atoms with Crippen LogP contribution in [0, 0.1) is 5.82 Å². The minimum absolute atomic E-state index is 0.218. The summed E-state index contributed by atoms with van der Waals surface area (Å²) in [5.41, 5.74) is -0.427. The second kappa shape index (κ2) is 7.53. The number of likely N-dealkylation sites (N-methyl/N-ethyl adjacent to an activating group) is 1. The van der Waals surface area contributed by atoms with Crippen molar-refractivity contribution in [1.82, 2.24) is 9.88 Å². The Morgan fingerprint density at radius 1 is 1.27 bits per heavy atom. The summed E-state index contributed by atoms with van der Waals surface area (Å²) in [4.78, 5) is 30.4. The van der Waals surface area contributed by atoms with Crippen molar-refractivity contribution >= 4 is 23.2 Å². The van der Waals surface area contributed by atoms with E-state index in [0.717, 1.165) is 19.3 Å². The van der Waals surface area contributed by atoms with E-state index in [-0.39, 0.29) is 11.5 Å². The maximum atomic E-state index is 13.8. The van der Waals surface area contributed by atoms with E-state index < -0.39 is 17.4 Å². The van der Waals surface area contributed by atoms with Gasteiger partial charge in [0, 0.05) is 18.8 Å². The van der Waals surface area contributed by atoms with E-state index in [1.807, 2.05) is 0 Å². The van der Waals surface area contributed by atoms with Crippen molar-refractivity contribution in [3.05, 3.63) is 51.7 Å². The van der Waals surface area contributed by atoms with Gasteiger partial charge in [0.2, 0.25) is 0 Å². The molecule has 1 aliphatic carbocycles. The third kappa shape index (κ3) is 3.49. The monoisotopic (exact) mass is 376 g/mol. The van der Waals surface area contributed by atoms with Gasteiger partial charge >= 0.3 is 5.97 Å². The lowest BCUT2D eigenvalue weighted by molar-refractivity contribution is -0.151. The highest BCUT2D eigenvalue weighted by atomic mass is 32.1. The smallest absolute Gasteiger partial charge is 0.329 e. The summed E-state index contributed by atoms with van der Waals surface area (Å²) in [6.07, 6.45) is 3.78. The zero-order valence-electron chi connectivity index (χ0n) is 14.6. The van der Waals surface area contributed by atoms with Crippen LogP contribution in [0.3, 0.4) is 0 Å². The summed E-state index contributed by atoms with van der Waals surface area (Å²) in [6, 6.07) is 6.46. The van der Waals surface area contributed by atoms with Gasteiger partial charge in [-0.15, -0.1) is 11.3 Å². The van der Waals surface area contributed by atoms with Crippen LogP contribution in [0.2, 0.25) is 0 Å². The summed E-state index contributed by atoms with van der Waals surface area (Å²) < 4.78 is 13.8. The van der Waals surface area contributed by atoms with E-state index in [1.54, 1.807) is 23.6 Å². The first-order valence-electron chi connectivity index (χ1n) is 8.63. The van der Waals surface area contributed by atoms with E-state index in [1.165, 1.54) is 29.4 Å². The van der Waals surface area contributed by atoms with E-state index in [9.17, 15) is 19.1 Å². The summed E-state index contributed by atoms with van der Waals surface area (Å²) >= 11 is 1.28. The third-order valence-corrected chi connectivity index (χ3v) is 5.94. The van der Waals surface area contributed by atoms with Crippen LogP contribution in [-0.4, -0.2) is 39.5 Å². The molecule has 0 radical (unpaired) electrons. The van der Waals surface area contributed by atoms with E-state index >= 15 is 0 Å². The number of halogens is 1. The van der Waals surface area contributed by atoms with Gasteiger partial charge in [-0.2, -0.15) is 0 Å². The van der Waals surface area contributed by atoms with Crippen molar-refractivity contribution < 1.29 is 19.1 Å². The number of carbonyl (C=O) groups excluding carboxylic acids is 1. The molecule has 1 aromatic carbocycles. The average Bonchev–Trinajstić information content (AvgIpc) is 3.11. The largest absolute Gasteiger partial charge is 0.479 e. The minimum atomic E-state index is -1.16. The number of hydrogen-bond acceptors (Lipinski definition) is 4. The molecule has 138 valence electrons. The number of rotatable bonds is 5. The fraction of sp³-hybridized carbons (Fsp3) is 0.421. The summed E-state index contributed by atoms with van der Waals surface area (Å²) in [5.74, 6) is -1.67. The predicted molar refractivity (Wildman–Crippen MR) is 96.9 cm³/mol. The highest BCUT2D eigenvalue weighted by Crippen LogP contribution is 2.34. The number of aromatic nitrogens is 1. The van der Waals surface area contributed by atoms with Crippen LogP contribution in [0.1, 0.15) is 53.2 Å². The molecule has 0 aliphatic heterocycles. The number of benzene rings is 1. The van der Waals surface area contributed by atoms with Crippen LogP contribution in [0.5, 0.6) is 0 Å². The Labute approximate surface area is 155 Å². The molecule has 1 saturated carbocycles. The quantitative estimate of drug-likeness (QED) is 0.863. The van der Waals surface area contributed by atoms with Gasteiger partial charge in [-0.3, -0.25) is 4.79 Å². The molecule has 0 unspecified atom stereocenters. The summed E-state index contributed by atoms with van der Waals surface area (Å²) in [6.45, 7) is 0. The van der Waals surface area contributed by atoms with Crippen LogP contribution in [-0.2, 0) is 11.2 Å². The number of nitrogens with zero attached hydrogens (tertiary/aromatic N) is 2. The van der Waals surface area contributed by atoms with Crippen LogP contribution in [0.25, 0.3) is 0 Å². The molecule has 26 heavy (non-hydrogen) atoms. The topological polar surface area (TPSA) is 70.5 Å². The number of hydrogen-bond donors (Lipinski definition) is 1. The summed E-state index contributed by atoms with van der Waals surface area (Å²) in [5, 5.41) is 12.0. The maximum Gasteiger partial charge on any atom is 0.329 e. The molecule has 0 spiro atoms. The zero-order valence-corrected chi connectivity index (χ0v) is 15.4. The van der Waals surface area contributed by atoms with Gasteiger partial charge in [0.15, 0.2) is 0 Å². The molecule has 5 nitrogen and oxygen atoms in total. The molecule has 1 aromatic heterocycles. The second-order valence-corrected chi connectivity index (χ2v) is 7.60. The Morgan fingerprint density at radius 2 is 1.96 bits per heavy atom. The molecule has 1 N–H and O–H groups in total. The Hall–Kier alpha value is -2.28. The zero-order chi connectivity index (χ0) is 18.7. The van der Waals surface area contributed by atoms with Crippen LogP contribution < -0.4 is 0 Å². The van der Waals surface area contributed by atoms with Crippen molar-refractivity contribution in [2.24, 2.45) is 0 Å². The normalized spacial score (nSPS) is 16.2. The fourth-order valence-corrected chi connectivity index (χ4v) is 4.28. The molecular weight excluding hydrogens is 355 g/mol. The first-order chi connectivity index (χ1) is 12.4. The molecule has 1 fully saturated rings. The fourth-order valence-electron chi connectivity index (χ4n) is 3.49. The number of carbonyl (C=O) groups is 2. The number of amides is 1. The van der Waals surface area contributed by atoms with Gasteiger partial charge in [-0.25, -0.2) is 14.2 Å². The Morgan fingerprint density at radius 3 is 2.62 bits per heavy atom. The highest BCUT2D eigenvalue weighted by molar-refractivity contribution is 7.09. The molecule has 1 amide bonds. The maximum absolute atomic E-state index is 13.8. The van der Waals surface area contributed by atoms with Gasteiger partial charge < -0.3 is 10.0 Å². The van der Waals surface area contributed by atoms with E-state index in [2.05, 4.69) is 4.98 Å².